The minimum absolute atomic E-state index is 0. The van der Waals surface area contributed by atoms with Crippen molar-refractivity contribution in [3.63, 3.8) is 0 Å². The maximum absolute atomic E-state index is 11.6. The summed E-state index contributed by atoms with van der Waals surface area (Å²) in [7, 11) is 0. The van der Waals surface area contributed by atoms with Gasteiger partial charge in [-0.2, -0.15) is 0 Å². The van der Waals surface area contributed by atoms with E-state index in [0.29, 0.717) is 13.0 Å². The first-order chi connectivity index (χ1) is 8.76. The second-order valence-electron chi connectivity index (χ2n) is 4.37. The molecule has 0 aliphatic carbocycles. The zero-order valence-corrected chi connectivity index (χ0v) is 12.7. The molecule has 19 heavy (non-hydrogen) atoms. The molecule has 108 valence electrons. The van der Waals surface area contributed by atoms with Crippen LogP contribution in [-0.4, -0.2) is 25.5 Å². The van der Waals surface area contributed by atoms with Gasteiger partial charge in [0.05, 0.1) is 0 Å². The number of rotatable bonds is 8. The lowest BCUT2D eigenvalue weighted by Gasteiger charge is -2.06. The molecule has 0 heterocycles. The summed E-state index contributed by atoms with van der Waals surface area (Å²) in [5.74, 6) is 0.132. The van der Waals surface area contributed by atoms with Gasteiger partial charge in [-0.1, -0.05) is 38.1 Å². The van der Waals surface area contributed by atoms with Gasteiger partial charge in [-0.3, -0.25) is 4.79 Å². The molecule has 1 aromatic rings. The van der Waals surface area contributed by atoms with E-state index in [2.05, 4.69) is 48.7 Å². The molecule has 0 aromatic heterocycles. The molecular formula is C15H25ClN2O. The minimum Gasteiger partial charge on any atom is -0.355 e. The summed E-state index contributed by atoms with van der Waals surface area (Å²) >= 11 is 0. The van der Waals surface area contributed by atoms with E-state index >= 15 is 0 Å². The Bertz CT molecular complexity index is 352. The molecule has 4 heteroatoms. The zero-order valence-electron chi connectivity index (χ0n) is 11.9. The van der Waals surface area contributed by atoms with Gasteiger partial charge in [0, 0.05) is 19.5 Å². The lowest BCUT2D eigenvalue weighted by molar-refractivity contribution is -0.121. The standard InChI is InChI=1S/C15H24N2O.ClH/c1-3-13-5-7-14(8-6-13)9-10-15(18)17-12-11-16-4-2;/h5-8,16H,3-4,9-12H2,1-2H3,(H,17,18);1H. The first kappa shape index (κ1) is 17.9. The highest BCUT2D eigenvalue weighted by Crippen LogP contribution is 2.07. The van der Waals surface area contributed by atoms with Crippen molar-refractivity contribution in [2.75, 3.05) is 19.6 Å². The van der Waals surface area contributed by atoms with Crippen LogP contribution in [0.4, 0.5) is 0 Å². The highest BCUT2D eigenvalue weighted by Gasteiger charge is 2.01. The van der Waals surface area contributed by atoms with Crippen molar-refractivity contribution in [1.29, 1.82) is 0 Å². The van der Waals surface area contributed by atoms with Gasteiger partial charge in [0.15, 0.2) is 0 Å². The fourth-order valence-electron chi connectivity index (χ4n) is 1.75. The molecule has 0 aliphatic heterocycles. The van der Waals surface area contributed by atoms with Crippen LogP contribution in [0.25, 0.3) is 0 Å². The van der Waals surface area contributed by atoms with Gasteiger partial charge in [-0.05, 0) is 30.5 Å². The lowest BCUT2D eigenvalue weighted by atomic mass is 10.1. The second-order valence-corrected chi connectivity index (χ2v) is 4.37. The third-order valence-electron chi connectivity index (χ3n) is 2.95. The Labute approximate surface area is 122 Å². The van der Waals surface area contributed by atoms with Crippen LogP contribution in [0.1, 0.15) is 31.4 Å². The van der Waals surface area contributed by atoms with Gasteiger partial charge < -0.3 is 10.6 Å². The maximum atomic E-state index is 11.6. The quantitative estimate of drug-likeness (QED) is 0.720. The van der Waals surface area contributed by atoms with Crippen molar-refractivity contribution in [2.24, 2.45) is 0 Å². The van der Waals surface area contributed by atoms with Crippen LogP contribution in [0.2, 0.25) is 0 Å². The number of carbonyl (C=O) groups excluding carboxylic acids is 1. The Kier molecular flexibility index (Phi) is 10.2. The molecule has 0 radical (unpaired) electrons. The van der Waals surface area contributed by atoms with Gasteiger partial charge in [0.25, 0.3) is 0 Å². The first-order valence-corrected chi connectivity index (χ1v) is 6.81. The Morgan fingerprint density at radius 1 is 1.05 bits per heavy atom. The monoisotopic (exact) mass is 284 g/mol. The Hall–Kier alpha value is -1.06. The Morgan fingerprint density at radius 3 is 2.26 bits per heavy atom. The van der Waals surface area contributed by atoms with Crippen LogP contribution in [0.15, 0.2) is 24.3 Å². The molecule has 0 atom stereocenters. The van der Waals surface area contributed by atoms with Crippen molar-refractivity contribution in [2.45, 2.75) is 33.1 Å². The number of likely N-dealkylation sites (N-methyl/N-ethyl adjacent to an activating group) is 1. The zero-order chi connectivity index (χ0) is 13.2. The molecule has 1 aromatic carbocycles. The van der Waals surface area contributed by atoms with E-state index in [1.54, 1.807) is 0 Å². The number of hydrogen-bond donors (Lipinski definition) is 2. The topological polar surface area (TPSA) is 41.1 Å². The van der Waals surface area contributed by atoms with E-state index < -0.39 is 0 Å². The van der Waals surface area contributed by atoms with Crippen molar-refractivity contribution in [3.8, 4) is 0 Å². The van der Waals surface area contributed by atoms with Gasteiger partial charge >= 0.3 is 0 Å². The summed E-state index contributed by atoms with van der Waals surface area (Å²) in [6.07, 6.45) is 2.44. The Morgan fingerprint density at radius 2 is 1.68 bits per heavy atom. The van der Waals surface area contributed by atoms with Crippen LogP contribution in [0.5, 0.6) is 0 Å². The average molecular weight is 285 g/mol. The molecule has 0 saturated heterocycles. The molecular weight excluding hydrogens is 260 g/mol. The molecule has 0 unspecified atom stereocenters. The Balaban J connectivity index is 0.00000324. The predicted octanol–water partition coefficient (Wildman–Crippen LogP) is 2.33. The van der Waals surface area contributed by atoms with Crippen LogP contribution in [0, 0.1) is 0 Å². The average Bonchev–Trinajstić information content (AvgIpc) is 2.42. The van der Waals surface area contributed by atoms with Crippen LogP contribution >= 0.6 is 12.4 Å². The number of hydrogen-bond acceptors (Lipinski definition) is 2. The number of benzene rings is 1. The van der Waals surface area contributed by atoms with Crippen LogP contribution < -0.4 is 10.6 Å². The fourth-order valence-corrected chi connectivity index (χ4v) is 1.75. The van der Waals surface area contributed by atoms with Crippen molar-refractivity contribution in [3.05, 3.63) is 35.4 Å². The van der Waals surface area contributed by atoms with E-state index in [0.717, 1.165) is 25.9 Å². The van der Waals surface area contributed by atoms with Crippen molar-refractivity contribution >= 4 is 18.3 Å². The lowest BCUT2D eigenvalue weighted by Crippen LogP contribution is -2.31. The highest BCUT2D eigenvalue weighted by molar-refractivity contribution is 5.85. The molecule has 0 saturated carbocycles. The summed E-state index contributed by atoms with van der Waals surface area (Å²) in [5.41, 5.74) is 2.57. The number of nitrogens with one attached hydrogen (secondary N) is 2. The summed E-state index contributed by atoms with van der Waals surface area (Å²) in [4.78, 5) is 11.6. The third-order valence-corrected chi connectivity index (χ3v) is 2.95. The SMILES string of the molecule is CCNCCNC(=O)CCc1ccc(CC)cc1.Cl. The molecule has 0 aliphatic rings. The molecule has 0 fully saturated rings. The molecule has 0 bridgehead atoms. The summed E-state index contributed by atoms with van der Waals surface area (Å²) in [5, 5.41) is 6.08. The fraction of sp³-hybridized carbons (Fsp3) is 0.533. The largest absolute Gasteiger partial charge is 0.355 e. The second kappa shape index (κ2) is 10.8. The first-order valence-electron chi connectivity index (χ1n) is 6.81. The van der Waals surface area contributed by atoms with Gasteiger partial charge in [0.1, 0.15) is 0 Å². The normalized spacial score (nSPS) is 9.79. The predicted molar refractivity (Wildman–Crippen MR) is 82.9 cm³/mol. The highest BCUT2D eigenvalue weighted by atomic mass is 35.5. The maximum Gasteiger partial charge on any atom is 0.220 e. The summed E-state index contributed by atoms with van der Waals surface area (Å²) < 4.78 is 0. The minimum atomic E-state index is 0. The molecule has 1 amide bonds. The molecule has 3 nitrogen and oxygen atoms in total. The number of amides is 1. The van der Waals surface area contributed by atoms with Gasteiger partial charge in [0.2, 0.25) is 5.91 Å². The van der Waals surface area contributed by atoms with Crippen LogP contribution in [0.3, 0.4) is 0 Å². The van der Waals surface area contributed by atoms with Gasteiger partial charge in [-0.15, -0.1) is 12.4 Å². The number of carbonyl (C=O) groups is 1. The van der Waals surface area contributed by atoms with E-state index in [4.69, 9.17) is 0 Å². The number of aryl methyl sites for hydroxylation is 2. The number of halogens is 1. The van der Waals surface area contributed by atoms with Crippen LogP contribution in [-0.2, 0) is 17.6 Å². The third kappa shape index (κ3) is 7.85. The van der Waals surface area contributed by atoms with E-state index in [1.165, 1.54) is 11.1 Å². The smallest absolute Gasteiger partial charge is 0.220 e. The van der Waals surface area contributed by atoms with Gasteiger partial charge in [-0.25, -0.2) is 0 Å². The van der Waals surface area contributed by atoms with E-state index in [-0.39, 0.29) is 18.3 Å². The summed E-state index contributed by atoms with van der Waals surface area (Å²) in [6, 6.07) is 8.51. The molecule has 1 rings (SSSR count). The van der Waals surface area contributed by atoms with E-state index in [9.17, 15) is 4.79 Å². The summed E-state index contributed by atoms with van der Waals surface area (Å²) in [6.45, 7) is 6.70. The molecule has 2 N–H and O–H groups in total. The molecule has 0 spiro atoms. The van der Waals surface area contributed by atoms with E-state index in [1.807, 2.05) is 0 Å². The van der Waals surface area contributed by atoms with Crippen molar-refractivity contribution < 1.29 is 4.79 Å². The van der Waals surface area contributed by atoms with Crippen molar-refractivity contribution in [1.82, 2.24) is 10.6 Å².